The average molecular weight is 254 g/mol. The minimum atomic E-state index is -0.219. The Morgan fingerprint density at radius 3 is 2.78 bits per heavy atom. The first-order valence-corrected chi connectivity index (χ1v) is 6.16. The van der Waals surface area contributed by atoms with Crippen molar-refractivity contribution in [1.82, 2.24) is 20.4 Å². The molecular formula is C12H22N4O2. The Balaban J connectivity index is 2.39. The molecule has 0 aliphatic rings. The Morgan fingerprint density at radius 2 is 2.28 bits per heavy atom. The van der Waals surface area contributed by atoms with Crippen molar-refractivity contribution in [1.29, 1.82) is 0 Å². The van der Waals surface area contributed by atoms with E-state index in [-0.39, 0.29) is 18.7 Å². The highest BCUT2D eigenvalue weighted by molar-refractivity contribution is 5.74. The summed E-state index contributed by atoms with van der Waals surface area (Å²) in [5.74, 6) is 0.291. The van der Waals surface area contributed by atoms with Crippen molar-refractivity contribution in [2.24, 2.45) is 13.0 Å². The molecule has 1 rings (SSSR count). The zero-order valence-corrected chi connectivity index (χ0v) is 11.2. The predicted molar refractivity (Wildman–Crippen MR) is 68.9 cm³/mol. The standard InChI is InChI=1S/C12H22N4O2/c1-9(2)11(5-7-17)15-12(18)13-8-10-4-6-14-16(10)3/h4,6,9,11,17H,5,7-8H2,1-3H3,(H2,13,15,18). The zero-order chi connectivity index (χ0) is 13.5. The molecule has 0 spiro atoms. The van der Waals surface area contributed by atoms with E-state index in [2.05, 4.69) is 15.7 Å². The van der Waals surface area contributed by atoms with Gasteiger partial charge >= 0.3 is 6.03 Å². The summed E-state index contributed by atoms with van der Waals surface area (Å²) >= 11 is 0. The van der Waals surface area contributed by atoms with Gasteiger partial charge in [-0.15, -0.1) is 0 Å². The number of aryl methyl sites for hydroxylation is 1. The smallest absolute Gasteiger partial charge is 0.315 e. The van der Waals surface area contributed by atoms with E-state index in [1.54, 1.807) is 10.9 Å². The Kier molecular flexibility index (Phi) is 5.64. The maximum Gasteiger partial charge on any atom is 0.315 e. The number of aromatic nitrogens is 2. The van der Waals surface area contributed by atoms with Gasteiger partial charge in [0.1, 0.15) is 0 Å². The fourth-order valence-corrected chi connectivity index (χ4v) is 1.68. The van der Waals surface area contributed by atoms with Gasteiger partial charge in [-0.1, -0.05) is 13.8 Å². The summed E-state index contributed by atoms with van der Waals surface area (Å²) in [6, 6.07) is 1.62. The molecule has 2 amide bonds. The topological polar surface area (TPSA) is 79.2 Å². The van der Waals surface area contributed by atoms with E-state index >= 15 is 0 Å². The van der Waals surface area contributed by atoms with Crippen LogP contribution in [0.25, 0.3) is 0 Å². The van der Waals surface area contributed by atoms with E-state index in [0.717, 1.165) is 5.69 Å². The molecular weight excluding hydrogens is 232 g/mol. The fourth-order valence-electron chi connectivity index (χ4n) is 1.68. The molecule has 6 nitrogen and oxygen atoms in total. The van der Waals surface area contributed by atoms with Crippen molar-refractivity contribution in [3.63, 3.8) is 0 Å². The van der Waals surface area contributed by atoms with E-state index in [9.17, 15) is 4.79 Å². The molecule has 0 saturated heterocycles. The summed E-state index contributed by atoms with van der Waals surface area (Å²) < 4.78 is 1.72. The molecule has 6 heteroatoms. The molecule has 1 aromatic heterocycles. The monoisotopic (exact) mass is 254 g/mol. The second-order valence-corrected chi connectivity index (χ2v) is 4.64. The van der Waals surface area contributed by atoms with Crippen LogP contribution in [0.3, 0.4) is 0 Å². The number of carbonyl (C=O) groups excluding carboxylic acids is 1. The molecule has 18 heavy (non-hydrogen) atoms. The quantitative estimate of drug-likeness (QED) is 0.696. The Hall–Kier alpha value is -1.56. The average Bonchev–Trinajstić information content (AvgIpc) is 2.71. The lowest BCUT2D eigenvalue weighted by atomic mass is 10.0. The van der Waals surface area contributed by atoms with E-state index < -0.39 is 0 Å². The molecule has 0 saturated carbocycles. The third-order valence-corrected chi connectivity index (χ3v) is 2.91. The summed E-state index contributed by atoms with van der Waals surface area (Å²) in [6.45, 7) is 4.54. The molecule has 1 aromatic rings. The largest absolute Gasteiger partial charge is 0.396 e. The molecule has 0 aliphatic heterocycles. The van der Waals surface area contributed by atoms with Crippen LogP contribution in [0.2, 0.25) is 0 Å². The highest BCUT2D eigenvalue weighted by Gasteiger charge is 2.15. The number of rotatable bonds is 6. The van der Waals surface area contributed by atoms with Gasteiger partial charge in [-0.05, 0) is 18.4 Å². The number of carbonyl (C=O) groups is 1. The van der Waals surface area contributed by atoms with E-state index in [1.807, 2.05) is 27.0 Å². The maximum absolute atomic E-state index is 11.7. The molecule has 1 unspecified atom stereocenters. The van der Waals surface area contributed by atoms with Crippen LogP contribution in [-0.4, -0.2) is 33.6 Å². The minimum Gasteiger partial charge on any atom is -0.396 e. The van der Waals surface area contributed by atoms with Crippen molar-refractivity contribution in [3.8, 4) is 0 Å². The van der Waals surface area contributed by atoms with Crippen molar-refractivity contribution < 1.29 is 9.90 Å². The van der Waals surface area contributed by atoms with Crippen LogP contribution in [0.5, 0.6) is 0 Å². The molecule has 0 aromatic carbocycles. The van der Waals surface area contributed by atoms with Crippen LogP contribution in [0.1, 0.15) is 26.0 Å². The third kappa shape index (κ3) is 4.37. The molecule has 1 atom stereocenters. The van der Waals surface area contributed by atoms with Gasteiger partial charge in [0.15, 0.2) is 0 Å². The maximum atomic E-state index is 11.7. The highest BCUT2D eigenvalue weighted by Crippen LogP contribution is 2.05. The molecule has 102 valence electrons. The molecule has 0 bridgehead atoms. The number of nitrogens with zero attached hydrogens (tertiary/aromatic N) is 2. The molecule has 0 aliphatic carbocycles. The second-order valence-electron chi connectivity index (χ2n) is 4.64. The predicted octanol–water partition coefficient (Wildman–Crippen LogP) is 0.626. The number of urea groups is 1. The first kappa shape index (κ1) is 14.5. The molecule has 0 radical (unpaired) electrons. The number of hydrogen-bond acceptors (Lipinski definition) is 3. The van der Waals surface area contributed by atoms with E-state index in [4.69, 9.17) is 5.11 Å². The molecule has 0 fully saturated rings. The Morgan fingerprint density at radius 1 is 1.56 bits per heavy atom. The van der Waals surface area contributed by atoms with Crippen molar-refractivity contribution >= 4 is 6.03 Å². The first-order chi connectivity index (χ1) is 8.54. The number of amides is 2. The third-order valence-electron chi connectivity index (χ3n) is 2.91. The van der Waals surface area contributed by atoms with Gasteiger partial charge in [-0.3, -0.25) is 4.68 Å². The van der Waals surface area contributed by atoms with Gasteiger partial charge in [-0.2, -0.15) is 5.10 Å². The lowest BCUT2D eigenvalue weighted by molar-refractivity contribution is 0.218. The normalized spacial score (nSPS) is 12.5. The van der Waals surface area contributed by atoms with Crippen molar-refractivity contribution in [3.05, 3.63) is 18.0 Å². The number of aliphatic hydroxyl groups is 1. The number of nitrogens with one attached hydrogen (secondary N) is 2. The fraction of sp³-hybridized carbons (Fsp3) is 0.667. The minimum absolute atomic E-state index is 0.0125. The van der Waals surface area contributed by atoms with Crippen LogP contribution >= 0.6 is 0 Å². The zero-order valence-electron chi connectivity index (χ0n) is 11.2. The lowest BCUT2D eigenvalue weighted by Gasteiger charge is -2.21. The van der Waals surface area contributed by atoms with Gasteiger partial charge in [0, 0.05) is 25.9 Å². The Bertz CT molecular complexity index is 376. The number of hydrogen-bond donors (Lipinski definition) is 3. The van der Waals surface area contributed by atoms with Gasteiger partial charge in [0.05, 0.1) is 12.2 Å². The van der Waals surface area contributed by atoms with Crippen LogP contribution in [0.15, 0.2) is 12.3 Å². The van der Waals surface area contributed by atoms with Gasteiger partial charge in [-0.25, -0.2) is 4.79 Å². The SMILES string of the molecule is CC(C)C(CCO)NC(=O)NCc1ccnn1C. The molecule has 1 heterocycles. The summed E-state index contributed by atoms with van der Waals surface area (Å²) in [5, 5.41) is 18.6. The van der Waals surface area contributed by atoms with Gasteiger partial charge < -0.3 is 15.7 Å². The summed E-state index contributed by atoms with van der Waals surface area (Å²) in [6.07, 6.45) is 2.26. The summed E-state index contributed by atoms with van der Waals surface area (Å²) in [4.78, 5) is 11.7. The Labute approximate surface area is 107 Å². The van der Waals surface area contributed by atoms with Crippen molar-refractivity contribution in [2.75, 3.05) is 6.61 Å². The number of aliphatic hydroxyl groups excluding tert-OH is 1. The summed E-state index contributed by atoms with van der Waals surface area (Å²) in [5.41, 5.74) is 0.938. The van der Waals surface area contributed by atoms with Gasteiger partial charge in [0.2, 0.25) is 0 Å². The molecule has 3 N–H and O–H groups in total. The van der Waals surface area contributed by atoms with Crippen LogP contribution in [0, 0.1) is 5.92 Å². The van der Waals surface area contributed by atoms with Crippen LogP contribution in [-0.2, 0) is 13.6 Å². The lowest BCUT2D eigenvalue weighted by Crippen LogP contribution is -2.44. The van der Waals surface area contributed by atoms with E-state index in [0.29, 0.717) is 18.9 Å². The second kappa shape index (κ2) is 7.00. The van der Waals surface area contributed by atoms with E-state index in [1.165, 1.54) is 0 Å². The van der Waals surface area contributed by atoms with Gasteiger partial charge in [0.25, 0.3) is 0 Å². The van der Waals surface area contributed by atoms with Crippen molar-refractivity contribution in [2.45, 2.75) is 32.9 Å². The summed E-state index contributed by atoms with van der Waals surface area (Å²) in [7, 11) is 1.83. The van der Waals surface area contributed by atoms with Crippen LogP contribution in [0.4, 0.5) is 4.79 Å². The first-order valence-electron chi connectivity index (χ1n) is 6.16. The van der Waals surface area contributed by atoms with Crippen LogP contribution < -0.4 is 10.6 Å². The highest BCUT2D eigenvalue weighted by atomic mass is 16.3.